The van der Waals surface area contributed by atoms with E-state index in [4.69, 9.17) is 28.8 Å². The molecule has 0 bridgehead atoms. The summed E-state index contributed by atoms with van der Waals surface area (Å²) in [4.78, 5) is 24.3. The smallest absolute Gasteiger partial charge is 0.857 e. The topological polar surface area (TPSA) is 119 Å². The Morgan fingerprint density at radius 3 is 1.48 bits per heavy atom. The van der Waals surface area contributed by atoms with Gasteiger partial charge in [-0.15, -0.1) is 0 Å². The van der Waals surface area contributed by atoms with Crippen LogP contribution in [-0.2, 0) is 33.3 Å². The van der Waals surface area contributed by atoms with E-state index >= 15 is 0 Å². The van der Waals surface area contributed by atoms with Gasteiger partial charge in [0.15, 0.2) is 11.6 Å². The number of nitrogens with one attached hydrogen (secondary N) is 1. The Balaban J connectivity index is -0.000000203. The van der Waals surface area contributed by atoms with E-state index in [0.717, 1.165) is 7.11 Å². The van der Waals surface area contributed by atoms with Crippen LogP contribution in [0.5, 0.6) is 0 Å². The van der Waals surface area contributed by atoms with E-state index in [9.17, 15) is 9.59 Å². The molecule has 2 aliphatic rings. The summed E-state index contributed by atoms with van der Waals surface area (Å²) in [5, 5.41) is 11.0. The zero-order valence-electron chi connectivity index (χ0n) is 21.9. The number of carbonyl (C=O) groups is 2. The molecule has 194 valence electrons. The van der Waals surface area contributed by atoms with Gasteiger partial charge in [0.2, 0.25) is 5.91 Å². The van der Waals surface area contributed by atoms with E-state index < -0.39 is 11.6 Å². The van der Waals surface area contributed by atoms with Crippen LogP contribution in [0.15, 0.2) is 0 Å². The van der Waals surface area contributed by atoms with Crippen LogP contribution in [0.25, 0.3) is 0 Å². The number of amides is 1. The van der Waals surface area contributed by atoms with Gasteiger partial charge in [0.25, 0.3) is 0 Å². The van der Waals surface area contributed by atoms with Crippen molar-refractivity contribution in [1.29, 1.82) is 0 Å². The molecule has 0 saturated carbocycles. The standard InChI is InChI=1S/C9H17NO3.C9H16O4.C2H7N.CH3O.CH4.Na/c1-9(2)12-5-7(6-13-9)8(11)10(3)4;1-4-11-8(10)7-5-12-9(2,3)13-6-7;1-3-2;1-2;;/h7H,5-6H2,1-4H3;7H,4-6H2,1-3H3;3H,1-2H3;1H3;1H4;/q;;;-1;;+1. The molecule has 0 radical (unpaired) electrons. The molecule has 0 spiro atoms. The molecule has 0 unspecified atom stereocenters. The van der Waals surface area contributed by atoms with Gasteiger partial charge < -0.3 is 39.0 Å². The van der Waals surface area contributed by atoms with Crippen molar-refractivity contribution < 1.29 is 67.9 Å². The number of carbonyl (C=O) groups excluding carboxylic acids is 2. The predicted molar refractivity (Wildman–Crippen MR) is 122 cm³/mol. The minimum atomic E-state index is -0.566. The SMILES string of the molecule is C.CCOC(=O)C1COC(C)(C)OC1.CN(C)C(=O)C1COC(C)(C)OC1.CNC.C[O-].[Na+]. The summed E-state index contributed by atoms with van der Waals surface area (Å²) in [6.07, 6.45) is 0. The van der Waals surface area contributed by atoms with Gasteiger partial charge in [-0.05, 0) is 48.7 Å². The van der Waals surface area contributed by atoms with Crippen LogP contribution in [-0.4, -0.2) is 96.7 Å². The molecule has 2 heterocycles. The van der Waals surface area contributed by atoms with Gasteiger partial charge in [-0.25, -0.2) is 0 Å². The van der Waals surface area contributed by atoms with Crippen LogP contribution in [0.3, 0.4) is 0 Å². The first-order chi connectivity index (χ1) is 14.4. The first-order valence-corrected chi connectivity index (χ1v) is 10.3. The zero-order chi connectivity index (χ0) is 24.7. The fraction of sp³-hybridized carbons (Fsp3) is 0.909. The maximum atomic E-state index is 11.5. The Morgan fingerprint density at radius 1 is 0.909 bits per heavy atom. The molecule has 0 aromatic rings. The molecule has 10 nitrogen and oxygen atoms in total. The quantitative estimate of drug-likeness (QED) is 0.350. The normalized spacial score (nSPS) is 18.6. The molecular weight excluding hydrogens is 443 g/mol. The van der Waals surface area contributed by atoms with Crippen LogP contribution < -0.4 is 40.0 Å². The fourth-order valence-corrected chi connectivity index (χ4v) is 2.29. The Labute approximate surface area is 223 Å². The summed E-state index contributed by atoms with van der Waals surface area (Å²) in [7, 11) is 7.98. The van der Waals surface area contributed by atoms with E-state index in [1.54, 1.807) is 25.9 Å². The van der Waals surface area contributed by atoms with Crippen molar-refractivity contribution in [2.45, 2.75) is 53.6 Å². The minimum absolute atomic E-state index is 0. The van der Waals surface area contributed by atoms with Gasteiger partial charge in [-0.2, -0.15) is 7.11 Å². The Kier molecular flexibility index (Phi) is 25.4. The first-order valence-electron chi connectivity index (χ1n) is 10.3. The Hall–Kier alpha value is -0.300. The van der Waals surface area contributed by atoms with Gasteiger partial charge in [0.05, 0.1) is 39.0 Å². The number of hydrogen-bond donors (Lipinski definition) is 1. The fourth-order valence-electron chi connectivity index (χ4n) is 2.29. The van der Waals surface area contributed by atoms with Crippen molar-refractivity contribution in [2.24, 2.45) is 11.8 Å². The third-order valence-corrected chi connectivity index (χ3v) is 3.94. The molecule has 2 saturated heterocycles. The van der Waals surface area contributed by atoms with Crippen molar-refractivity contribution in [3.8, 4) is 0 Å². The minimum Gasteiger partial charge on any atom is -0.857 e. The van der Waals surface area contributed by atoms with E-state index in [1.165, 1.54) is 0 Å². The molecule has 0 atom stereocenters. The second-order valence-electron chi connectivity index (χ2n) is 7.92. The number of esters is 1. The molecule has 2 aliphatic heterocycles. The molecular formula is C22H47N2NaO8. The number of ether oxygens (including phenoxy) is 5. The average Bonchev–Trinajstić information content (AvgIpc) is 2.70. The molecule has 2 rings (SSSR count). The van der Waals surface area contributed by atoms with Crippen LogP contribution in [0, 0.1) is 11.8 Å². The summed E-state index contributed by atoms with van der Waals surface area (Å²) in [6, 6.07) is 0. The summed E-state index contributed by atoms with van der Waals surface area (Å²) in [5.74, 6) is -1.70. The third-order valence-electron chi connectivity index (χ3n) is 3.94. The molecule has 11 heteroatoms. The average molecular weight is 491 g/mol. The second kappa shape index (κ2) is 21.0. The van der Waals surface area contributed by atoms with E-state index in [0.29, 0.717) is 33.0 Å². The summed E-state index contributed by atoms with van der Waals surface area (Å²) >= 11 is 0. The van der Waals surface area contributed by atoms with Crippen LogP contribution in [0.2, 0.25) is 0 Å². The number of hydrogen-bond acceptors (Lipinski definition) is 9. The Bertz CT molecular complexity index is 485. The van der Waals surface area contributed by atoms with E-state index in [-0.39, 0.29) is 60.7 Å². The first kappa shape index (κ1) is 39.9. The maximum Gasteiger partial charge on any atom is 1.00 e. The van der Waals surface area contributed by atoms with Gasteiger partial charge in [-0.1, -0.05) is 7.43 Å². The molecule has 0 aromatic heterocycles. The van der Waals surface area contributed by atoms with Crippen molar-refractivity contribution in [3.05, 3.63) is 0 Å². The van der Waals surface area contributed by atoms with Crippen LogP contribution in [0.1, 0.15) is 42.0 Å². The van der Waals surface area contributed by atoms with Gasteiger partial charge >= 0.3 is 35.5 Å². The molecule has 0 aliphatic carbocycles. The van der Waals surface area contributed by atoms with Gasteiger partial charge in [0, 0.05) is 14.1 Å². The summed E-state index contributed by atoms with van der Waals surface area (Å²) in [5.41, 5.74) is 0. The number of rotatable bonds is 3. The molecule has 1 N–H and O–H groups in total. The van der Waals surface area contributed by atoms with Gasteiger partial charge in [0.1, 0.15) is 5.92 Å². The third kappa shape index (κ3) is 18.7. The summed E-state index contributed by atoms with van der Waals surface area (Å²) in [6.45, 7) is 11.2. The Morgan fingerprint density at radius 2 is 1.21 bits per heavy atom. The zero-order valence-corrected chi connectivity index (χ0v) is 23.9. The summed E-state index contributed by atoms with van der Waals surface area (Å²) < 4.78 is 26.3. The van der Waals surface area contributed by atoms with E-state index in [1.807, 2.05) is 41.8 Å². The van der Waals surface area contributed by atoms with Crippen LogP contribution >= 0.6 is 0 Å². The molecule has 1 amide bonds. The van der Waals surface area contributed by atoms with Crippen molar-refractivity contribution in [2.75, 3.05) is 68.3 Å². The van der Waals surface area contributed by atoms with Gasteiger partial charge in [-0.3, -0.25) is 9.59 Å². The van der Waals surface area contributed by atoms with Crippen LogP contribution in [0.4, 0.5) is 0 Å². The van der Waals surface area contributed by atoms with Crippen molar-refractivity contribution in [1.82, 2.24) is 10.2 Å². The van der Waals surface area contributed by atoms with Crippen molar-refractivity contribution >= 4 is 11.9 Å². The second-order valence-corrected chi connectivity index (χ2v) is 7.92. The monoisotopic (exact) mass is 490 g/mol. The molecule has 0 aromatic carbocycles. The molecule has 2 fully saturated rings. The van der Waals surface area contributed by atoms with Crippen molar-refractivity contribution in [3.63, 3.8) is 0 Å². The molecule has 33 heavy (non-hydrogen) atoms. The predicted octanol–water partition coefficient (Wildman–Crippen LogP) is -2.13. The van der Waals surface area contributed by atoms with E-state index in [2.05, 4.69) is 5.32 Å². The maximum absolute atomic E-state index is 11.5. The number of nitrogens with zero attached hydrogens (tertiary/aromatic N) is 1. The largest absolute Gasteiger partial charge is 1.00 e.